The third-order valence-electron chi connectivity index (χ3n) is 6.64. The SMILES string of the molecule is CCOc1nn([C@@H](C)CO)c2c1/C=C/c1n[nH]c3nnc(cc13)-c1c(COC)nn(C)c1O[C@@H](C)CN(C)C2. The zero-order valence-electron chi connectivity index (χ0n) is 23.2. The van der Waals surface area contributed by atoms with Crippen molar-refractivity contribution in [3.8, 4) is 23.0 Å². The van der Waals surface area contributed by atoms with E-state index in [2.05, 4.69) is 30.4 Å². The van der Waals surface area contributed by atoms with Crippen LogP contribution in [-0.2, 0) is 24.9 Å². The number of fused-ring (bicyclic) bond motifs is 4. The van der Waals surface area contributed by atoms with Crippen LogP contribution in [0.15, 0.2) is 6.07 Å². The quantitative estimate of drug-likeness (QED) is 0.377. The van der Waals surface area contributed by atoms with Crippen molar-refractivity contribution in [2.24, 2.45) is 7.05 Å². The predicted octanol–water partition coefficient (Wildman–Crippen LogP) is 2.43. The molecule has 5 heterocycles. The molecule has 13 nitrogen and oxygen atoms in total. The maximum atomic E-state index is 9.96. The third kappa shape index (κ3) is 5.12. The lowest BCUT2D eigenvalue weighted by atomic mass is 10.1. The number of methoxy groups -OCH3 is 1. The van der Waals surface area contributed by atoms with E-state index in [0.717, 1.165) is 22.2 Å². The summed E-state index contributed by atoms with van der Waals surface area (Å²) in [5.41, 5.74) is 5.07. The van der Waals surface area contributed by atoms with E-state index in [4.69, 9.17) is 19.3 Å². The van der Waals surface area contributed by atoms with Crippen LogP contribution >= 0.6 is 0 Å². The number of aromatic nitrogens is 8. The van der Waals surface area contributed by atoms with Crippen LogP contribution in [0, 0.1) is 0 Å². The summed E-state index contributed by atoms with van der Waals surface area (Å²) in [6.07, 6.45) is 3.69. The fourth-order valence-corrected chi connectivity index (χ4v) is 4.90. The van der Waals surface area contributed by atoms with Crippen LogP contribution in [0.5, 0.6) is 11.8 Å². The molecule has 0 saturated heterocycles. The highest BCUT2D eigenvalue weighted by atomic mass is 16.5. The molecule has 5 rings (SSSR count). The molecule has 13 heteroatoms. The topological polar surface area (TPSA) is 141 Å². The van der Waals surface area contributed by atoms with Crippen LogP contribution in [0.3, 0.4) is 0 Å². The van der Waals surface area contributed by atoms with E-state index in [1.54, 1.807) is 11.8 Å². The lowest BCUT2D eigenvalue weighted by Gasteiger charge is -2.24. The van der Waals surface area contributed by atoms with Crippen LogP contribution < -0.4 is 9.47 Å². The maximum Gasteiger partial charge on any atom is 0.240 e. The van der Waals surface area contributed by atoms with E-state index in [0.29, 0.717) is 60.8 Å². The van der Waals surface area contributed by atoms with Crippen LogP contribution in [0.4, 0.5) is 0 Å². The number of aromatic amines is 1. The van der Waals surface area contributed by atoms with Crippen LogP contribution in [0.1, 0.15) is 49.5 Å². The summed E-state index contributed by atoms with van der Waals surface area (Å²) in [7, 11) is 5.50. The summed E-state index contributed by atoms with van der Waals surface area (Å²) >= 11 is 0. The molecule has 0 amide bonds. The highest BCUT2D eigenvalue weighted by Crippen LogP contribution is 2.35. The molecule has 4 aromatic heterocycles. The Kier molecular flexibility index (Phi) is 7.64. The highest BCUT2D eigenvalue weighted by molar-refractivity contribution is 5.90. The van der Waals surface area contributed by atoms with Gasteiger partial charge in [-0.1, -0.05) is 0 Å². The fourth-order valence-electron chi connectivity index (χ4n) is 4.90. The van der Waals surface area contributed by atoms with Gasteiger partial charge < -0.3 is 19.3 Å². The molecule has 0 aliphatic carbocycles. The molecule has 0 spiro atoms. The summed E-state index contributed by atoms with van der Waals surface area (Å²) in [6, 6.07) is 1.71. The summed E-state index contributed by atoms with van der Waals surface area (Å²) in [5, 5.41) is 36.5. The monoisotopic (exact) mass is 537 g/mol. The first-order valence-electron chi connectivity index (χ1n) is 13.0. The van der Waals surface area contributed by atoms with Gasteiger partial charge in [0, 0.05) is 27.2 Å². The zero-order chi connectivity index (χ0) is 27.7. The molecule has 0 aromatic carbocycles. The van der Waals surface area contributed by atoms with Crippen molar-refractivity contribution < 1.29 is 19.3 Å². The second kappa shape index (κ2) is 11.1. The van der Waals surface area contributed by atoms with E-state index in [1.165, 1.54) is 0 Å². The molecule has 2 bridgehead atoms. The van der Waals surface area contributed by atoms with E-state index in [-0.39, 0.29) is 18.8 Å². The van der Waals surface area contributed by atoms with Crippen molar-refractivity contribution >= 4 is 23.2 Å². The number of ether oxygens (including phenoxy) is 3. The van der Waals surface area contributed by atoms with E-state index >= 15 is 0 Å². The van der Waals surface area contributed by atoms with Gasteiger partial charge in [0.05, 0.1) is 53.8 Å². The Morgan fingerprint density at radius 1 is 1.23 bits per heavy atom. The van der Waals surface area contributed by atoms with E-state index in [1.807, 2.05) is 57.8 Å². The lowest BCUT2D eigenvalue weighted by Crippen LogP contribution is -2.32. The normalized spacial score (nSPS) is 17.8. The van der Waals surface area contributed by atoms with Crippen molar-refractivity contribution in [1.82, 2.24) is 44.9 Å². The Hall–Kier alpha value is -3.81. The molecular formula is C26H35N9O4. The molecule has 2 N–H and O–H groups in total. The molecule has 0 radical (unpaired) electrons. The Balaban J connectivity index is 1.72. The number of rotatable bonds is 6. The molecule has 39 heavy (non-hydrogen) atoms. The maximum absolute atomic E-state index is 9.96. The number of aliphatic hydroxyl groups is 1. The van der Waals surface area contributed by atoms with E-state index in [9.17, 15) is 5.11 Å². The summed E-state index contributed by atoms with van der Waals surface area (Å²) < 4.78 is 21.4. The predicted molar refractivity (Wildman–Crippen MR) is 145 cm³/mol. The molecular weight excluding hydrogens is 502 g/mol. The van der Waals surface area contributed by atoms with Crippen molar-refractivity contribution in [1.29, 1.82) is 0 Å². The van der Waals surface area contributed by atoms with Gasteiger partial charge in [0.15, 0.2) is 5.65 Å². The number of nitrogens with zero attached hydrogens (tertiary/aromatic N) is 8. The second-order valence-electron chi connectivity index (χ2n) is 9.82. The van der Waals surface area contributed by atoms with Gasteiger partial charge in [0.1, 0.15) is 17.5 Å². The van der Waals surface area contributed by atoms with Crippen molar-refractivity contribution in [3.63, 3.8) is 0 Å². The van der Waals surface area contributed by atoms with Gasteiger partial charge in [-0.2, -0.15) is 10.2 Å². The number of H-pyrrole nitrogens is 1. The Bertz CT molecular complexity index is 1490. The first kappa shape index (κ1) is 26.8. The van der Waals surface area contributed by atoms with Crippen molar-refractivity contribution in [3.05, 3.63) is 28.7 Å². The molecule has 0 saturated carbocycles. The Morgan fingerprint density at radius 2 is 2.05 bits per heavy atom. The molecule has 1 aliphatic heterocycles. The Morgan fingerprint density at radius 3 is 2.79 bits per heavy atom. The average molecular weight is 538 g/mol. The van der Waals surface area contributed by atoms with Crippen molar-refractivity contribution in [2.75, 3.05) is 33.9 Å². The zero-order valence-corrected chi connectivity index (χ0v) is 23.2. The smallest absolute Gasteiger partial charge is 0.240 e. The Labute approximate surface area is 226 Å². The van der Waals surface area contributed by atoms with Gasteiger partial charge >= 0.3 is 0 Å². The molecule has 208 valence electrons. The first-order chi connectivity index (χ1) is 18.8. The summed E-state index contributed by atoms with van der Waals surface area (Å²) in [6.45, 7) is 7.75. The number of hydrogen-bond donors (Lipinski definition) is 2. The van der Waals surface area contributed by atoms with Gasteiger partial charge in [-0.3, -0.25) is 14.7 Å². The number of nitrogens with one attached hydrogen (secondary N) is 1. The van der Waals surface area contributed by atoms with Crippen LogP contribution in [0.2, 0.25) is 0 Å². The number of aliphatic hydroxyl groups excluding tert-OH is 1. The first-order valence-corrected chi connectivity index (χ1v) is 13.0. The average Bonchev–Trinajstić information content (AvgIpc) is 3.55. The highest BCUT2D eigenvalue weighted by Gasteiger charge is 2.26. The number of likely N-dealkylation sites (N-methyl/N-ethyl adjacent to an activating group) is 1. The minimum Gasteiger partial charge on any atom is -0.476 e. The minimum atomic E-state index is -0.231. The molecule has 1 aliphatic rings. The number of hydrogen-bond acceptors (Lipinski definition) is 10. The van der Waals surface area contributed by atoms with E-state index < -0.39 is 0 Å². The largest absolute Gasteiger partial charge is 0.476 e. The van der Waals surface area contributed by atoms with Gasteiger partial charge in [-0.15, -0.1) is 15.3 Å². The lowest BCUT2D eigenvalue weighted by molar-refractivity contribution is 0.145. The van der Waals surface area contributed by atoms with Crippen LogP contribution in [-0.4, -0.2) is 90.0 Å². The molecule has 4 aromatic rings. The van der Waals surface area contributed by atoms with Gasteiger partial charge in [0.2, 0.25) is 11.8 Å². The summed E-state index contributed by atoms with van der Waals surface area (Å²) in [5.74, 6) is 1.10. The molecule has 2 atom stereocenters. The molecule has 0 unspecified atom stereocenters. The fraction of sp³-hybridized carbons (Fsp3) is 0.500. The molecule has 0 fully saturated rings. The van der Waals surface area contributed by atoms with Gasteiger partial charge in [-0.05, 0) is 46.0 Å². The standard InChI is InChI=1S/C26H35N9O4/c1-7-38-25-17-8-9-19-18-10-20(28-30-24(18)29-27-19)23-21(14-37-6)31-34(5)26(23)39-16(3)11-33(4)12-22(17)35(32-25)15(2)13-36/h8-10,15-16,36H,7,11-14H2,1-6H3,(H,27,29,30)/b9-8+/t15-,16-/m0/s1. The number of aryl methyl sites for hydroxylation is 1. The van der Waals surface area contributed by atoms with Crippen molar-refractivity contribution in [2.45, 2.75) is 46.1 Å². The third-order valence-corrected chi connectivity index (χ3v) is 6.64. The van der Waals surface area contributed by atoms with Gasteiger partial charge in [-0.25, -0.2) is 4.68 Å². The summed E-state index contributed by atoms with van der Waals surface area (Å²) in [4.78, 5) is 2.16. The van der Waals surface area contributed by atoms with Gasteiger partial charge in [0.25, 0.3) is 0 Å². The van der Waals surface area contributed by atoms with Crippen LogP contribution in [0.25, 0.3) is 34.4 Å². The second-order valence-corrected chi connectivity index (χ2v) is 9.82. The minimum absolute atomic E-state index is 0.0504.